The number of anilines is 10. The summed E-state index contributed by atoms with van der Waals surface area (Å²) in [4.78, 5) is 10.7. The summed E-state index contributed by atoms with van der Waals surface area (Å²) in [5, 5.41) is 9.11. The Morgan fingerprint density at radius 1 is 0.265 bits per heavy atom. The number of aromatic nitrogens is 2. The second-order valence-electron chi connectivity index (χ2n) is 44.9. The van der Waals surface area contributed by atoms with Crippen LogP contribution in [0.4, 0.5) is 56.9 Å². The van der Waals surface area contributed by atoms with Crippen LogP contribution in [0.2, 0.25) is 0 Å². The third-order valence-corrected chi connectivity index (χ3v) is 33.7. The van der Waals surface area contributed by atoms with Crippen molar-refractivity contribution in [1.82, 2.24) is 9.13 Å². The van der Waals surface area contributed by atoms with Crippen molar-refractivity contribution in [2.24, 2.45) is 0 Å². The first-order valence-electron chi connectivity index (χ1n) is 48.4. The molecule has 14 aromatic carbocycles. The Kier molecular flexibility index (Phi) is 15.7. The Balaban J connectivity index is 0.000000135. The standard InChI is InChI=1S/2C60H54BN3O2/c1-57(2,3)35-25-28-45-42(31-35)59(7)29-13-14-30-60(59,8)64(45)37-26-27-43-47(34-37)62(46-22-16-19-39-38-17-9-11-23-50(38)65-55(39)46)48-32-36(58(4,5)6)33-49-52(48)61(43)44-21-15-20-41-53(44)63(49)54-40-18-10-12-24-51(40)66-56(41)54;1-57(2,3)35-25-28-44-41(31-35)59(7)29-13-14-30-60(59,8)64(44)37-26-27-42-46(34-37)62(45-21-16-24-51-52(45)38-17-9-11-22-49(38)65-51)47-32-36(58(4,5)6)33-48-53(47)61(42)43-20-15-19-40-54(43)63(48)55-39-18-10-12-23-50(39)66-56(40)55/h2*9-12,15-28,31-34H,13-14,29-30H2,1-8H3. The first kappa shape index (κ1) is 78.5. The maximum Gasteiger partial charge on any atom is 0.252 e. The van der Waals surface area contributed by atoms with Crippen molar-refractivity contribution < 1.29 is 17.7 Å². The van der Waals surface area contributed by atoms with Gasteiger partial charge in [0.25, 0.3) is 13.4 Å². The monoisotopic (exact) mass is 1720 g/mol. The van der Waals surface area contributed by atoms with Crippen LogP contribution in [0.25, 0.3) is 121 Å². The van der Waals surface area contributed by atoms with E-state index in [9.17, 15) is 0 Å². The van der Waals surface area contributed by atoms with Gasteiger partial charge in [-0.2, -0.15) is 0 Å². The molecule has 0 bridgehead atoms. The highest BCUT2D eigenvalue weighted by Gasteiger charge is 2.61. The van der Waals surface area contributed by atoms with E-state index >= 15 is 0 Å². The first-order chi connectivity index (χ1) is 63.5. The minimum atomic E-state index is -0.147. The molecule has 12 heteroatoms. The van der Waals surface area contributed by atoms with Crippen LogP contribution in [0.1, 0.15) is 196 Å². The number of hydrogen-bond acceptors (Lipinski definition) is 8. The lowest BCUT2D eigenvalue weighted by Crippen LogP contribution is -2.60. The van der Waals surface area contributed by atoms with Crippen LogP contribution in [0.3, 0.4) is 0 Å². The van der Waals surface area contributed by atoms with Gasteiger partial charge in [-0.3, -0.25) is 0 Å². The molecule has 0 spiro atoms. The van der Waals surface area contributed by atoms with Crippen molar-refractivity contribution in [2.75, 3.05) is 19.6 Å². The highest BCUT2D eigenvalue weighted by atomic mass is 16.3. The van der Waals surface area contributed by atoms with Gasteiger partial charge in [0.1, 0.15) is 38.9 Å². The van der Waals surface area contributed by atoms with Gasteiger partial charge in [0.15, 0.2) is 16.7 Å². The van der Waals surface area contributed by atoms with Crippen LogP contribution in [0.5, 0.6) is 0 Å². The second kappa shape index (κ2) is 26.3. The van der Waals surface area contributed by atoms with E-state index in [-0.39, 0.29) is 57.0 Å². The van der Waals surface area contributed by atoms with Crippen LogP contribution in [0.15, 0.2) is 285 Å². The smallest absolute Gasteiger partial charge is 0.252 e. The van der Waals surface area contributed by atoms with Crippen LogP contribution in [-0.4, -0.2) is 33.6 Å². The van der Waals surface area contributed by atoms with Gasteiger partial charge in [0, 0.05) is 105 Å². The molecule has 12 heterocycles. The molecule has 28 rings (SSSR count). The fourth-order valence-corrected chi connectivity index (χ4v) is 26.5. The summed E-state index contributed by atoms with van der Waals surface area (Å²) in [6.07, 6.45) is 9.61. The van der Waals surface area contributed by atoms with Crippen molar-refractivity contribution in [3.63, 3.8) is 0 Å². The summed E-state index contributed by atoms with van der Waals surface area (Å²) in [7, 11) is 0. The summed E-state index contributed by atoms with van der Waals surface area (Å²) in [6.45, 7) is 38.4. The molecule has 0 N–H and O–H groups in total. The molecule has 6 aliphatic heterocycles. The fourth-order valence-electron chi connectivity index (χ4n) is 26.5. The van der Waals surface area contributed by atoms with Gasteiger partial charge in [0.05, 0.1) is 38.9 Å². The van der Waals surface area contributed by atoms with E-state index in [1.54, 1.807) is 0 Å². The average Bonchev–Trinajstić information content (AvgIpc) is 1.43. The summed E-state index contributed by atoms with van der Waals surface area (Å²) in [6, 6.07) is 101. The minimum absolute atomic E-state index is 0.00588. The van der Waals surface area contributed by atoms with Crippen molar-refractivity contribution in [3.8, 4) is 11.4 Å². The molecule has 2 fully saturated rings. The number of fused-ring (bicyclic) bond motifs is 30. The predicted octanol–water partition coefficient (Wildman–Crippen LogP) is 28.8. The van der Waals surface area contributed by atoms with Gasteiger partial charge >= 0.3 is 0 Å². The Hall–Kier alpha value is -13.3. The van der Waals surface area contributed by atoms with Crippen LogP contribution in [-0.2, 0) is 32.5 Å². The van der Waals surface area contributed by atoms with Gasteiger partial charge in [0.2, 0.25) is 0 Å². The molecule has 4 unspecified atom stereocenters. The predicted molar refractivity (Wildman–Crippen MR) is 555 cm³/mol. The Bertz CT molecular complexity index is 8500. The summed E-state index contributed by atoms with van der Waals surface area (Å²) in [5.41, 5.74) is 42.6. The number of hydrogen-bond donors (Lipinski definition) is 0. The molecule has 132 heavy (non-hydrogen) atoms. The highest BCUT2D eigenvalue weighted by Crippen LogP contribution is 2.65. The normalized spacial score (nSPS) is 19.9. The molecular formula is C120H108B2N6O4. The topological polar surface area (TPSA) is 75.4 Å². The largest absolute Gasteiger partial charge is 0.456 e. The molecule has 0 amide bonds. The molecule has 0 saturated heterocycles. The molecule has 2 saturated carbocycles. The molecule has 20 aromatic rings. The van der Waals surface area contributed by atoms with E-state index in [1.807, 2.05) is 0 Å². The molecule has 4 atom stereocenters. The maximum absolute atomic E-state index is 6.99. The third-order valence-electron chi connectivity index (χ3n) is 33.7. The number of furan rings is 4. The average molecular weight is 1720 g/mol. The minimum Gasteiger partial charge on any atom is -0.456 e. The van der Waals surface area contributed by atoms with Crippen molar-refractivity contribution in [2.45, 2.75) is 206 Å². The van der Waals surface area contributed by atoms with Gasteiger partial charge in [-0.05, 0) is 255 Å². The fraction of sp³-hybridized carbons (Fsp3) is 0.267. The maximum atomic E-state index is 6.99. The Morgan fingerprint density at radius 3 is 1.13 bits per heavy atom. The van der Waals surface area contributed by atoms with Gasteiger partial charge in [-0.1, -0.05) is 262 Å². The number of rotatable bonds is 4. The number of benzene rings is 14. The van der Waals surface area contributed by atoms with Crippen LogP contribution >= 0.6 is 0 Å². The zero-order chi connectivity index (χ0) is 89.6. The van der Waals surface area contributed by atoms with E-state index in [4.69, 9.17) is 17.7 Å². The quantitative estimate of drug-likeness (QED) is 0.161. The number of nitrogens with zero attached hydrogens (tertiary/aromatic N) is 6. The van der Waals surface area contributed by atoms with E-state index in [0.29, 0.717) is 0 Å². The van der Waals surface area contributed by atoms with Crippen molar-refractivity contribution in [3.05, 3.63) is 300 Å². The van der Waals surface area contributed by atoms with Crippen molar-refractivity contribution >= 4 is 213 Å². The Morgan fingerprint density at radius 2 is 0.644 bits per heavy atom. The molecule has 8 aliphatic rings. The van der Waals surface area contributed by atoms with Gasteiger partial charge in [-0.25, -0.2) is 0 Å². The van der Waals surface area contributed by atoms with E-state index < -0.39 is 0 Å². The van der Waals surface area contributed by atoms with Gasteiger partial charge < -0.3 is 46.4 Å². The molecule has 0 radical (unpaired) electrons. The Labute approximate surface area is 771 Å². The zero-order valence-corrected chi connectivity index (χ0v) is 78.5. The van der Waals surface area contributed by atoms with Gasteiger partial charge in [-0.15, -0.1) is 0 Å². The lowest BCUT2D eigenvalue weighted by molar-refractivity contribution is 0.195. The lowest BCUT2D eigenvalue weighted by atomic mass is 9.33. The first-order valence-corrected chi connectivity index (χ1v) is 48.4. The number of para-hydroxylation sites is 7. The SMILES string of the molecule is CC(C)(C)c1cc2c3c(c1)-n1c4c(cccc4c4oc5ccccc5c41)B3c1ccc(N3c4ccc(C(C)(C)C)cc4C4(C)CCCCC34C)cc1N2c1cccc2c1oc1ccccc12.CC(C)(C)c1cc2c3c(c1)-n1c4c(cccc4c4oc5ccccc5c41)B3c1ccc(N3c4ccc(C(C)(C)C)cc4C4(C)CCCCC34C)cc1N2c1cccc2oc3ccccc3c12. The zero-order valence-electron chi connectivity index (χ0n) is 78.5. The lowest BCUT2D eigenvalue weighted by Gasteiger charge is -2.50. The summed E-state index contributed by atoms with van der Waals surface area (Å²) < 4.78 is 32.5. The molecule has 10 nitrogen and oxygen atoms in total. The van der Waals surface area contributed by atoms with E-state index in [0.717, 1.165) is 123 Å². The van der Waals surface area contributed by atoms with Crippen molar-refractivity contribution in [1.29, 1.82) is 0 Å². The molecule has 2 aliphatic carbocycles. The van der Waals surface area contributed by atoms with E-state index in [2.05, 4.69) is 406 Å². The molecule has 648 valence electrons. The van der Waals surface area contributed by atoms with Crippen LogP contribution < -0.4 is 52.4 Å². The summed E-state index contributed by atoms with van der Waals surface area (Å²) in [5.74, 6) is 0. The summed E-state index contributed by atoms with van der Waals surface area (Å²) >= 11 is 0. The second-order valence-corrected chi connectivity index (χ2v) is 44.9. The van der Waals surface area contributed by atoms with Crippen LogP contribution in [0, 0.1) is 0 Å². The highest BCUT2D eigenvalue weighted by molar-refractivity contribution is 7.01. The third kappa shape index (κ3) is 10.2. The van der Waals surface area contributed by atoms with E-state index in [1.165, 1.54) is 173 Å². The molecular weight excluding hydrogens is 1610 g/mol. The molecule has 6 aromatic heterocycles.